The Hall–Kier alpha value is -2.48. The van der Waals surface area contributed by atoms with Crippen LogP contribution in [0.4, 0.5) is 11.6 Å². The van der Waals surface area contributed by atoms with Crippen molar-refractivity contribution in [2.75, 3.05) is 5.32 Å². The Balaban J connectivity index is 2.32. The van der Waals surface area contributed by atoms with Crippen molar-refractivity contribution >= 4 is 29.1 Å². The Kier molecular flexibility index (Phi) is 3.43. The van der Waals surface area contributed by atoms with E-state index in [-0.39, 0.29) is 16.6 Å². The van der Waals surface area contributed by atoms with E-state index in [4.69, 9.17) is 16.1 Å². The summed E-state index contributed by atoms with van der Waals surface area (Å²) in [5, 5.41) is 16.7. The number of hydrogen-bond acceptors (Lipinski definition) is 6. The molecule has 9 heteroatoms. The zero-order valence-corrected chi connectivity index (χ0v) is 10.3. The van der Waals surface area contributed by atoms with Crippen LogP contribution in [0.2, 0.25) is 5.15 Å². The van der Waals surface area contributed by atoms with E-state index in [9.17, 15) is 14.9 Å². The Morgan fingerprint density at radius 3 is 2.84 bits per heavy atom. The van der Waals surface area contributed by atoms with E-state index in [0.29, 0.717) is 5.69 Å². The van der Waals surface area contributed by atoms with Crippen LogP contribution in [0.3, 0.4) is 0 Å². The molecule has 2 aromatic heterocycles. The van der Waals surface area contributed by atoms with Crippen molar-refractivity contribution in [3.05, 3.63) is 44.9 Å². The van der Waals surface area contributed by atoms with E-state index in [1.54, 1.807) is 6.92 Å². The average molecular weight is 283 g/mol. The fourth-order valence-electron chi connectivity index (χ4n) is 1.35. The molecule has 0 aliphatic carbocycles. The lowest BCUT2D eigenvalue weighted by molar-refractivity contribution is -0.385. The van der Waals surface area contributed by atoms with Gasteiger partial charge in [-0.2, -0.15) is 0 Å². The van der Waals surface area contributed by atoms with Gasteiger partial charge in [0.2, 0.25) is 5.88 Å². The number of nitrogens with zero attached hydrogens (tertiary/aromatic N) is 3. The number of nitro groups is 1. The summed E-state index contributed by atoms with van der Waals surface area (Å²) in [4.78, 5) is 25.6. The number of rotatable bonds is 3. The Bertz CT molecular complexity index is 655. The maximum atomic E-state index is 11.9. The number of nitrogens with one attached hydrogen (secondary N) is 1. The lowest BCUT2D eigenvalue weighted by Crippen LogP contribution is -2.14. The molecule has 0 aromatic carbocycles. The summed E-state index contributed by atoms with van der Waals surface area (Å²) < 4.78 is 4.79. The standard InChI is InChI=1S/C10H7ClN4O4/c1-5-2-9(19-14-5)13-10(16)6-3-8(11)12-4-7(6)15(17)18/h2-4H,1H3,(H,13,16). The second-order valence-corrected chi connectivity index (χ2v) is 3.96. The van der Waals surface area contributed by atoms with Crippen molar-refractivity contribution < 1.29 is 14.2 Å². The van der Waals surface area contributed by atoms with Crippen molar-refractivity contribution in [3.8, 4) is 0 Å². The number of aryl methyl sites for hydroxylation is 1. The Morgan fingerprint density at radius 2 is 2.26 bits per heavy atom. The topological polar surface area (TPSA) is 111 Å². The molecule has 0 saturated heterocycles. The van der Waals surface area contributed by atoms with Crippen LogP contribution in [0.5, 0.6) is 0 Å². The van der Waals surface area contributed by atoms with Gasteiger partial charge in [-0.3, -0.25) is 20.2 Å². The Labute approximate surface area is 111 Å². The fourth-order valence-corrected chi connectivity index (χ4v) is 1.51. The number of amides is 1. The quantitative estimate of drug-likeness (QED) is 0.525. The number of carbonyl (C=O) groups excluding carboxylic acids is 1. The number of halogens is 1. The van der Waals surface area contributed by atoms with Gasteiger partial charge in [0.1, 0.15) is 16.9 Å². The second kappa shape index (κ2) is 5.02. The first kappa shape index (κ1) is 13.0. The van der Waals surface area contributed by atoms with Gasteiger partial charge in [0, 0.05) is 6.07 Å². The van der Waals surface area contributed by atoms with Gasteiger partial charge in [-0.1, -0.05) is 16.8 Å². The molecular weight excluding hydrogens is 276 g/mol. The first-order valence-corrected chi connectivity index (χ1v) is 5.40. The summed E-state index contributed by atoms with van der Waals surface area (Å²) in [6.07, 6.45) is 0.920. The van der Waals surface area contributed by atoms with Crippen molar-refractivity contribution in [1.29, 1.82) is 0 Å². The molecule has 0 fully saturated rings. The van der Waals surface area contributed by atoms with Gasteiger partial charge in [-0.05, 0) is 13.0 Å². The number of aromatic nitrogens is 2. The lowest BCUT2D eigenvalue weighted by Gasteiger charge is -2.02. The van der Waals surface area contributed by atoms with Gasteiger partial charge < -0.3 is 4.52 Å². The minimum atomic E-state index is -0.729. The number of carbonyl (C=O) groups is 1. The molecule has 98 valence electrons. The maximum absolute atomic E-state index is 11.9. The summed E-state index contributed by atoms with van der Waals surface area (Å²) in [6, 6.07) is 2.59. The van der Waals surface area contributed by atoms with Crippen molar-refractivity contribution in [1.82, 2.24) is 10.1 Å². The molecule has 1 N–H and O–H groups in total. The molecule has 2 rings (SSSR count). The molecule has 1 amide bonds. The van der Waals surface area contributed by atoms with Gasteiger partial charge in [0.15, 0.2) is 0 Å². The molecule has 2 heterocycles. The summed E-state index contributed by atoms with van der Waals surface area (Å²) in [5.74, 6) is -0.642. The van der Waals surface area contributed by atoms with E-state index in [1.807, 2.05) is 0 Å². The van der Waals surface area contributed by atoms with Crippen LogP contribution in [-0.4, -0.2) is 21.0 Å². The van der Waals surface area contributed by atoms with E-state index >= 15 is 0 Å². The third kappa shape index (κ3) is 2.86. The SMILES string of the molecule is Cc1cc(NC(=O)c2cc(Cl)ncc2[N+](=O)[O-])on1. The highest BCUT2D eigenvalue weighted by atomic mass is 35.5. The fraction of sp³-hybridized carbons (Fsp3) is 0.100. The molecule has 0 unspecified atom stereocenters. The smallest absolute Gasteiger partial charge is 0.300 e. The normalized spacial score (nSPS) is 10.2. The molecule has 0 aliphatic rings. The highest BCUT2D eigenvalue weighted by molar-refractivity contribution is 6.30. The van der Waals surface area contributed by atoms with Crippen molar-refractivity contribution in [2.45, 2.75) is 6.92 Å². The van der Waals surface area contributed by atoms with Gasteiger partial charge in [-0.15, -0.1) is 0 Å². The van der Waals surface area contributed by atoms with Crippen LogP contribution in [0.25, 0.3) is 0 Å². The molecule has 0 bridgehead atoms. The summed E-state index contributed by atoms with van der Waals surface area (Å²) in [6.45, 7) is 1.67. The number of anilines is 1. The molecule has 0 atom stereocenters. The third-order valence-electron chi connectivity index (χ3n) is 2.16. The molecule has 0 spiro atoms. The molecule has 8 nitrogen and oxygen atoms in total. The van der Waals surface area contributed by atoms with Crippen LogP contribution in [0.15, 0.2) is 22.9 Å². The van der Waals surface area contributed by atoms with Gasteiger partial charge in [0.05, 0.1) is 10.6 Å². The predicted octanol–water partition coefficient (Wildman–Crippen LogP) is 2.19. The van der Waals surface area contributed by atoms with Crippen LogP contribution in [-0.2, 0) is 0 Å². The van der Waals surface area contributed by atoms with E-state index in [0.717, 1.165) is 12.3 Å². The monoisotopic (exact) mass is 282 g/mol. The number of pyridine rings is 1. The van der Waals surface area contributed by atoms with Gasteiger partial charge in [-0.25, -0.2) is 4.98 Å². The van der Waals surface area contributed by atoms with Crippen LogP contribution >= 0.6 is 11.6 Å². The van der Waals surface area contributed by atoms with Crippen LogP contribution in [0, 0.1) is 17.0 Å². The van der Waals surface area contributed by atoms with E-state index in [2.05, 4.69) is 15.5 Å². The van der Waals surface area contributed by atoms with Crippen LogP contribution < -0.4 is 5.32 Å². The molecule has 0 aliphatic heterocycles. The molecule has 0 radical (unpaired) electrons. The first-order valence-electron chi connectivity index (χ1n) is 5.02. The predicted molar refractivity (Wildman–Crippen MR) is 65.1 cm³/mol. The van der Waals surface area contributed by atoms with Crippen molar-refractivity contribution in [3.63, 3.8) is 0 Å². The molecular formula is C10H7ClN4O4. The molecule has 0 saturated carbocycles. The highest BCUT2D eigenvalue weighted by Gasteiger charge is 2.22. The summed E-state index contributed by atoms with van der Waals surface area (Å²) in [7, 11) is 0. The third-order valence-corrected chi connectivity index (χ3v) is 2.36. The summed E-state index contributed by atoms with van der Waals surface area (Å²) in [5.41, 5.74) is -0.0882. The molecule has 2 aromatic rings. The summed E-state index contributed by atoms with van der Waals surface area (Å²) >= 11 is 5.62. The van der Waals surface area contributed by atoms with Crippen LogP contribution in [0.1, 0.15) is 16.1 Å². The van der Waals surface area contributed by atoms with E-state index in [1.165, 1.54) is 6.07 Å². The number of hydrogen-bond donors (Lipinski definition) is 1. The molecule has 19 heavy (non-hydrogen) atoms. The maximum Gasteiger partial charge on any atom is 0.300 e. The lowest BCUT2D eigenvalue weighted by atomic mass is 10.2. The minimum Gasteiger partial charge on any atom is -0.338 e. The van der Waals surface area contributed by atoms with Gasteiger partial charge in [0.25, 0.3) is 11.6 Å². The first-order chi connectivity index (χ1) is 8.97. The largest absolute Gasteiger partial charge is 0.338 e. The minimum absolute atomic E-state index is 0.0236. The second-order valence-electron chi connectivity index (χ2n) is 3.57. The average Bonchev–Trinajstić information content (AvgIpc) is 2.74. The van der Waals surface area contributed by atoms with E-state index < -0.39 is 16.5 Å². The zero-order valence-electron chi connectivity index (χ0n) is 9.58. The van der Waals surface area contributed by atoms with Crippen molar-refractivity contribution in [2.24, 2.45) is 0 Å². The Morgan fingerprint density at radius 1 is 1.53 bits per heavy atom. The zero-order chi connectivity index (χ0) is 14.0. The highest BCUT2D eigenvalue weighted by Crippen LogP contribution is 2.21. The van der Waals surface area contributed by atoms with Gasteiger partial charge >= 0.3 is 0 Å².